The zero-order valence-corrected chi connectivity index (χ0v) is 15.3. The van der Waals surface area contributed by atoms with Crippen LogP contribution in [0.25, 0.3) is 0 Å². The summed E-state index contributed by atoms with van der Waals surface area (Å²) in [6.45, 7) is 13.5. The Morgan fingerprint density at radius 2 is 1.48 bits per heavy atom. The Balaban J connectivity index is 4.21. The highest BCUT2D eigenvalue weighted by Gasteiger charge is 2.39. The van der Waals surface area contributed by atoms with Gasteiger partial charge >= 0.3 is 14.9 Å². The van der Waals surface area contributed by atoms with Gasteiger partial charge in [-0.3, -0.25) is 0 Å². The van der Waals surface area contributed by atoms with Crippen molar-refractivity contribution in [1.82, 2.24) is 5.32 Å². The fourth-order valence-electron chi connectivity index (χ4n) is 1.80. The highest BCUT2D eigenvalue weighted by Crippen LogP contribution is 2.18. The Bertz CT molecular complexity index is 277. The Hall–Kier alpha value is -0.633. The molecule has 21 heavy (non-hydrogen) atoms. The second-order valence-corrected chi connectivity index (χ2v) is 8.33. The van der Waals surface area contributed by atoms with E-state index < -0.39 is 14.9 Å². The van der Waals surface area contributed by atoms with Crippen LogP contribution in [0.1, 0.15) is 48.0 Å². The summed E-state index contributed by atoms with van der Waals surface area (Å²) in [6, 6.07) is 0.644. The van der Waals surface area contributed by atoms with Crippen LogP contribution < -0.4 is 5.32 Å². The van der Waals surface area contributed by atoms with Crippen molar-refractivity contribution < 1.29 is 22.8 Å². The SMILES string of the molecule is CCO[Si](CCCOC(=O)NC(C)(C)C)(OCC)OCC. The molecule has 0 aromatic carbocycles. The average Bonchev–Trinajstić information content (AvgIpc) is 2.33. The molecule has 6 nitrogen and oxygen atoms in total. The van der Waals surface area contributed by atoms with Gasteiger partial charge < -0.3 is 23.3 Å². The van der Waals surface area contributed by atoms with Crippen LogP contribution in [0.5, 0.6) is 0 Å². The Morgan fingerprint density at radius 3 is 1.86 bits per heavy atom. The molecular formula is C14H31NO5Si. The van der Waals surface area contributed by atoms with E-state index in [4.69, 9.17) is 18.0 Å². The minimum absolute atomic E-state index is 0.294. The van der Waals surface area contributed by atoms with Gasteiger partial charge in [0.2, 0.25) is 0 Å². The van der Waals surface area contributed by atoms with E-state index in [0.717, 1.165) is 0 Å². The third-order valence-corrected chi connectivity index (χ3v) is 5.58. The molecule has 0 saturated heterocycles. The fraction of sp³-hybridized carbons (Fsp3) is 0.929. The Morgan fingerprint density at radius 1 is 1.00 bits per heavy atom. The lowest BCUT2D eigenvalue weighted by Crippen LogP contribution is -2.46. The predicted octanol–water partition coefficient (Wildman–Crippen LogP) is 2.95. The van der Waals surface area contributed by atoms with Crippen LogP contribution in [0.4, 0.5) is 4.79 Å². The number of rotatable bonds is 10. The van der Waals surface area contributed by atoms with E-state index >= 15 is 0 Å². The number of amides is 1. The number of hydrogen-bond acceptors (Lipinski definition) is 5. The van der Waals surface area contributed by atoms with Crippen molar-refractivity contribution in [2.75, 3.05) is 26.4 Å². The summed E-state index contributed by atoms with van der Waals surface area (Å²) in [4.78, 5) is 11.5. The first-order valence-corrected chi connectivity index (χ1v) is 9.58. The molecular weight excluding hydrogens is 290 g/mol. The molecule has 0 saturated carbocycles. The van der Waals surface area contributed by atoms with Crippen LogP contribution in [0.3, 0.4) is 0 Å². The van der Waals surface area contributed by atoms with Crippen LogP contribution in [0.15, 0.2) is 0 Å². The molecule has 0 aliphatic carbocycles. The molecule has 0 unspecified atom stereocenters. The minimum atomic E-state index is -2.63. The molecule has 1 N–H and O–H groups in total. The molecule has 0 aliphatic heterocycles. The third-order valence-electron chi connectivity index (χ3n) is 2.43. The summed E-state index contributed by atoms with van der Waals surface area (Å²) in [5, 5.41) is 2.75. The second-order valence-electron chi connectivity index (χ2n) is 5.60. The average molecular weight is 321 g/mol. The van der Waals surface area contributed by atoms with Gasteiger partial charge in [-0.1, -0.05) is 0 Å². The van der Waals surface area contributed by atoms with Crippen LogP contribution in [-0.4, -0.2) is 46.9 Å². The maximum atomic E-state index is 11.5. The molecule has 0 aromatic rings. The van der Waals surface area contributed by atoms with Crippen molar-refractivity contribution >= 4 is 14.9 Å². The van der Waals surface area contributed by atoms with E-state index in [1.807, 2.05) is 41.5 Å². The zero-order valence-electron chi connectivity index (χ0n) is 14.3. The molecule has 0 aromatic heterocycles. The first kappa shape index (κ1) is 20.4. The van der Waals surface area contributed by atoms with Crippen molar-refractivity contribution in [3.63, 3.8) is 0 Å². The summed E-state index contributed by atoms with van der Waals surface area (Å²) in [6.07, 6.45) is 0.253. The van der Waals surface area contributed by atoms with Crippen molar-refractivity contribution in [1.29, 1.82) is 0 Å². The maximum Gasteiger partial charge on any atom is 0.501 e. The highest BCUT2D eigenvalue weighted by atomic mass is 28.4. The summed E-state index contributed by atoms with van der Waals surface area (Å²) >= 11 is 0. The summed E-state index contributed by atoms with van der Waals surface area (Å²) in [5.74, 6) is 0. The molecule has 126 valence electrons. The van der Waals surface area contributed by atoms with Crippen LogP contribution in [0.2, 0.25) is 6.04 Å². The number of alkyl carbamates (subject to hydrolysis) is 1. The fourth-order valence-corrected chi connectivity index (χ4v) is 4.38. The van der Waals surface area contributed by atoms with Gasteiger partial charge in [0.1, 0.15) is 0 Å². The molecule has 0 rings (SSSR count). The smallest absolute Gasteiger partial charge is 0.450 e. The van der Waals surface area contributed by atoms with Crippen molar-refractivity contribution in [3.05, 3.63) is 0 Å². The van der Waals surface area contributed by atoms with Gasteiger partial charge in [-0.05, 0) is 48.0 Å². The number of carbonyl (C=O) groups excluding carboxylic acids is 1. The van der Waals surface area contributed by atoms with Gasteiger partial charge in [0, 0.05) is 31.4 Å². The Kier molecular flexibility index (Phi) is 9.85. The number of nitrogens with one attached hydrogen (secondary N) is 1. The highest BCUT2D eigenvalue weighted by molar-refractivity contribution is 6.60. The quantitative estimate of drug-likeness (QED) is 0.495. The number of ether oxygens (including phenoxy) is 1. The molecule has 0 aliphatic rings. The Labute approximate surface area is 129 Å². The van der Waals surface area contributed by atoms with E-state index in [2.05, 4.69) is 5.32 Å². The molecule has 7 heteroatoms. The van der Waals surface area contributed by atoms with Crippen molar-refractivity contribution in [2.45, 2.75) is 59.5 Å². The van der Waals surface area contributed by atoms with E-state index in [1.54, 1.807) is 0 Å². The van der Waals surface area contributed by atoms with Crippen molar-refractivity contribution in [3.8, 4) is 0 Å². The van der Waals surface area contributed by atoms with E-state index in [9.17, 15) is 4.79 Å². The molecule has 0 fully saturated rings. The second kappa shape index (κ2) is 10.2. The lowest BCUT2D eigenvalue weighted by molar-refractivity contribution is 0.0680. The minimum Gasteiger partial charge on any atom is -0.450 e. The van der Waals surface area contributed by atoms with E-state index in [-0.39, 0.29) is 5.54 Å². The van der Waals surface area contributed by atoms with Gasteiger partial charge in [0.25, 0.3) is 0 Å². The van der Waals surface area contributed by atoms with Crippen LogP contribution >= 0.6 is 0 Å². The molecule has 0 spiro atoms. The summed E-state index contributed by atoms with van der Waals surface area (Å²) < 4.78 is 22.4. The van der Waals surface area contributed by atoms with Gasteiger partial charge in [-0.15, -0.1) is 0 Å². The van der Waals surface area contributed by atoms with Gasteiger partial charge in [0.15, 0.2) is 0 Å². The normalized spacial score (nSPS) is 12.3. The number of hydrogen-bond donors (Lipinski definition) is 1. The standard InChI is InChI=1S/C14H31NO5Si/c1-7-18-21(19-8-2,20-9-3)12-10-11-17-13(16)15-14(4,5)6/h7-12H2,1-6H3,(H,15,16). The topological polar surface area (TPSA) is 66.0 Å². The lowest BCUT2D eigenvalue weighted by atomic mass is 10.1. The zero-order chi connectivity index (χ0) is 16.4. The number of carbonyl (C=O) groups is 1. The first-order chi connectivity index (χ1) is 9.78. The molecule has 0 heterocycles. The largest absolute Gasteiger partial charge is 0.501 e. The third kappa shape index (κ3) is 9.84. The first-order valence-electron chi connectivity index (χ1n) is 7.65. The van der Waals surface area contributed by atoms with E-state index in [0.29, 0.717) is 38.9 Å². The monoisotopic (exact) mass is 321 g/mol. The molecule has 0 atom stereocenters. The van der Waals surface area contributed by atoms with Crippen LogP contribution in [-0.2, 0) is 18.0 Å². The maximum absolute atomic E-state index is 11.5. The van der Waals surface area contributed by atoms with Gasteiger partial charge in [0.05, 0.1) is 6.61 Å². The summed E-state index contributed by atoms with van der Waals surface area (Å²) in [5.41, 5.74) is -0.294. The van der Waals surface area contributed by atoms with E-state index in [1.165, 1.54) is 0 Å². The van der Waals surface area contributed by atoms with Crippen molar-refractivity contribution in [2.24, 2.45) is 0 Å². The lowest BCUT2D eigenvalue weighted by Gasteiger charge is -2.28. The molecule has 1 amide bonds. The molecule has 0 radical (unpaired) electrons. The summed E-state index contributed by atoms with van der Waals surface area (Å²) in [7, 11) is -2.63. The van der Waals surface area contributed by atoms with Gasteiger partial charge in [-0.25, -0.2) is 4.79 Å². The molecule has 0 bridgehead atoms. The van der Waals surface area contributed by atoms with Crippen LogP contribution in [0, 0.1) is 0 Å². The van der Waals surface area contributed by atoms with Gasteiger partial charge in [-0.2, -0.15) is 0 Å². The predicted molar refractivity (Wildman–Crippen MR) is 84.3 cm³/mol.